The highest BCUT2D eigenvalue weighted by atomic mass is 35.5. The van der Waals surface area contributed by atoms with Gasteiger partial charge in [0.25, 0.3) is 0 Å². The van der Waals surface area contributed by atoms with Crippen LogP contribution >= 0.6 is 11.6 Å². The molecule has 0 bridgehead atoms. The van der Waals surface area contributed by atoms with Crippen LogP contribution in [0.2, 0.25) is 0 Å². The summed E-state index contributed by atoms with van der Waals surface area (Å²) in [5.74, 6) is 1.54. The number of hydrogen-bond donors (Lipinski definition) is 0. The summed E-state index contributed by atoms with van der Waals surface area (Å²) < 4.78 is 0. The van der Waals surface area contributed by atoms with E-state index < -0.39 is 0 Å². The lowest BCUT2D eigenvalue weighted by molar-refractivity contribution is 0.749. The van der Waals surface area contributed by atoms with Gasteiger partial charge in [-0.15, -0.1) is 11.6 Å². The number of rotatable bonds is 6. The van der Waals surface area contributed by atoms with E-state index in [2.05, 4.69) is 40.6 Å². The van der Waals surface area contributed by atoms with E-state index in [-0.39, 0.29) is 0 Å². The lowest BCUT2D eigenvalue weighted by Crippen LogP contribution is -2.24. The molecule has 0 unspecified atom stereocenters. The fraction of sp³-hybridized carbons (Fsp3) is 0.438. The molecule has 0 aromatic carbocycles. The molecule has 0 amide bonds. The lowest BCUT2D eigenvalue weighted by Gasteiger charge is -2.25. The van der Waals surface area contributed by atoms with Crippen LogP contribution in [0.25, 0.3) is 0 Å². The van der Waals surface area contributed by atoms with Crippen LogP contribution in [-0.2, 0) is 12.4 Å². The van der Waals surface area contributed by atoms with Crippen LogP contribution in [0.15, 0.2) is 30.7 Å². The second-order valence-corrected chi connectivity index (χ2v) is 5.49. The standard InChI is InChI=1S/C16H21ClN4/c1-4-21(11-13-5-7-18-8-6-13)15-10-19-16(12(2)3)20-14(15)9-17/h5-8,10,12H,4,9,11H2,1-3H3. The number of alkyl halides is 1. The SMILES string of the molecule is CCN(Cc1ccncc1)c1cnc(C(C)C)nc1CCl. The van der Waals surface area contributed by atoms with Crippen LogP contribution in [0.1, 0.15) is 43.8 Å². The largest absolute Gasteiger partial charge is 0.365 e. The normalized spacial score (nSPS) is 10.9. The minimum absolute atomic E-state index is 0.302. The van der Waals surface area contributed by atoms with Gasteiger partial charge in [0.2, 0.25) is 0 Å². The highest BCUT2D eigenvalue weighted by molar-refractivity contribution is 6.17. The maximum Gasteiger partial charge on any atom is 0.131 e. The summed E-state index contributed by atoms with van der Waals surface area (Å²) in [4.78, 5) is 15.4. The van der Waals surface area contributed by atoms with E-state index >= 15 is 0 Å². The number of halogens is 1. The lowest BCUT2D eigenvalue weighted by atomic mass is 10.2. The van der Waals surface area contributed by atoms with Gasteiger partial charge in [-0.2, -0.15) is 0 Å². The van der Waals surface area contributed by atoms with Crippen molar-refractivity contribution in [2.45, 2.75) is 39.1 Å². The molecule has 0 saturated heterocycles. The highest BCUT2D eigenvalue weighted by Gasteiger charge is 2.14. The van der Waals surface area contributed by atoms with Gasteiger partial charge in [-0.25, -0.2) is 9.97 Å². The van der Waals surface area contributed by atoms with Gasteiger partial charge < -0.3 is 4.90 Å². The summed E-state index contributed by atoms with van der Waals surface area (Å²) in [6.45, 7) is 7.96. The third kappa shape index (κ3) is 3.91. The van der Waals surface area contributed by atoms with Crippen molar-refractivity contribution < 1.29 is 0 Å². The molecule has 4 nitrogen and oxygen atoms in total. The fourth-order valence-electron chi connectivity index (χ4n) is 2.14. The number of nitrogens with zero attached hydrogens (tertiary/aromatic N) is 4. The Labute approximate surface area is 131 Å². The quantitative estimate of drug-likeness (QED) is 0.762. The van der Waals surface area contributed by atoms with Crippen LogP contribution in [0.3, 0.4) is 0 Å². The monoisotopic (exact) mass is 304 g/mol. The zero-order valence-corrected chi connectivity index (χ0v) is 13.5. The van der Waals surface area contributed by atoms with Gasteiger partial charge in [-0.05, 0) is 24.6 Å². The van der Waals surface area contributed by atoms with Gasteiger partial charge in [0.15, 0.2) is 0 Å². The molecule has 0 N–H and O–H groups in total. The first-order chi connectivity index (χ1) is 10.2. The number of aromatic nitrogens is 3. The van der Waals surface area contributed by atoms with Crippen molar-refractivity contribution in [1.82, 2.24) is 15.0 Å². The summed E-state index contributed by atoms with van der Waals surface area (Å²) in [6, 6.07) is 4.04. The Morgan fingerprint density at radius 1 is 1.24 bits per heavy atom. The topological polar surface area (TPSA) is 41.9 Å². The minimum atomic E-state index is 0.302. The van der Waals surface area contributed by atoms with Crippen molar-refractivity contribution in [2.24, 2.45) is 0 Å². The van der Waals surface area contributed by atoms with E-state index in [9.17, 15) is 0 Å². The molecule has 5 heteroatoms. The Balaban J connectivity index is 2.29. The number of hydrogen-bond acceptors (Lipinski definition) is 4. The van der Waals surface area contributed by atoms with Crippen molar-refractivity contribution in [3.05, 3.63) is 47.8 Å². The van der Waals surface area contributed by atoms with Crippen molar-refractivity contribution in [2.75, 3.05) is 11.4 Å². The third-order valence-electron chi connectivity index (χ3n) is 3.35. The van der Waals surface area contributed by atoms with E-state index in [0.29, 0.717) is 11.8 Å². The smallest absolute Gasteiger partial charge is 0.131 e. The molecule has 0 atom stereocenters. The summed E-state index contributed by atoms with van der Waals surface area (Å²) in [7, 11) is 0. The second kappa shape index (κ2) is 7.36. The molecule has 0 aliphatic carbocycles. The molecule has 112 valence electrons. The van der Waals surface area contributed by atoms with E-state index in [1.807, 2.05) is 30.7 Å². The first-order valence-corrected chi connectivity index (χ1v) is 7.74. The summed E-state index contributed by atoms with van der Waals surface area (Å²) in [5.41, 5.74) is 3.11. The maximum atomic E-state index is 6.09. The van der Waals surface area contributed by atoms with Crippen LogP contribution < -0.4 is 4.90 Å². The van der Waals surface area contributed by atoms with Gasteiger partial charge in [0.1, 0.15) is 5.82 Å². The third-order valence-corrected chi connectivity index (χ3v) is 3.61. The maximum absolute atomic E-state index is 6.09. The molecule has 2 aromatic heterocycles. The predicted octanol–water partition coefficient (Wildman–Crippen LogP) is 3.76. The van der Waals surface area contributed by atoms with Gasteiger partial charge in [0, 0.05) is 31.4 Å². The number of anilines is 1. The van der Waals surface area contributed by atoms with E-state index in [1.165, 1.54) is 5.56 Å². The summed E-state index contributed by atoms with van der Waals surface area (Å²) >= 11 is 6.09. The average Bonchev–Trinajstić information content (AvgIpc) is 2.53. The molecule has 2 rings (SSSR count). The Kier molecular flexibility index (Phi) is 5.51. The van der Waals surface area contributed by atoms with Gasteiger partial charge >= 0.3 is 0 Å². The van der Waals surface area contributed by atoms with Crippen molar-refractivity contribution in [3.63, 3.8) is 0 Å². The van der Waals surface area contributed by atoms with E-state index in [4.69, 9.17) is 11.6 Å². The van der Waals surface area contributed by atoms with Crippen LogP contribution in [0, 0.1) is 0 Å². The van der Waals surface area contributed by atoms with Gasteiger partial charge in [-0.3, -0.25) is 4.98 Å². The fourth-order valence-corrected chi connectivity index (χ4v) is 2.34. The first kappa shape index (κ1) is 15.7. The number of pyridine rings is 1. The Bertz CT molecular complexity index is 572. The highest BCUT2D eigenvalue weighted by Crippen LogP contribution is 2.23. The predicted molar refractivity (Wildman–Crippen MR) is 86.6 cm³/mol. The molecule has 2 heterocycles. The molecule has 2 aromatic rings. The molecule has 0 aliphatic heterocycles. The van der Waals surface area contributed by atoms with Gasteiger partial charge in [-0.1, -0.05) is 13.8 Å². The molecular formula is C16H21ClN4. The van der Waals surface area contributed by atoms with Crippen LogP contribution in [0.5, 0.6) is 0 Å². The van der Waals surface area contributed by atoms with Crippen LogP contribution in [0.4, 0.5) is 5.69 Å². The van der Waals surface area contributed by atoms with Crippen molar-refractivity contribution in [3.8, 4) is 0 Å². The first-order valence-electron chi connectivity index (χ1n) is 7.21. The summed E-state index contributed by atoms with van der Waals surface area (Å²) in [5, 5.41) is 0. The zero-order chi connectivity index (χ0) is 15.2. The average molecular weight is 305 g/mol. The minimum Gasteiger partial charge on any atom is -0.365 e. The molecule has 0 fully saturated rings. The Morgan fingerprint density at radius 3 is 2.52 bits per heavy atom. The molecule has 21 heavy (non-hydrogen) atoms. The zero-order valence-electron chi connectivity index (χ0n) is 12.8. The molecular weight excluding hydrogens is 284 g/mol. The van der Waals surface area contributed by atoms with Crippen molar-refractivity contribution in [1.29, 1.82) is 0 Å². The Morgan fingerprint density at radius 2 is 1.95 bits per heavy atom. The molecule has 0 radical (unpaired) electrons. The van der Waals surface area contributed by atoms with Crippen molar-refractivity contribution >= 4 is 17.3 Å². The molecule has 0 spiro atoms. The molecule has 0 saturated carbocycles. The van der Waals surface area contributed by atoms with Gasteiger partial charge in [0.05, 0.1) is 23.5 Å². The van der Waals surface area contributed by atoms with Crippen LogP contribution in [-0.4, -0.2) is 21.5 Å². The second-order valence-electron chi connectivity index (χ2n) is 5.22. The van der Waals surface area contributed by atoms with E-state index in [1.54, 1.807) is 0 Å². The van der Waals surface area contributed by atoms with E-state index in [0.717, 1.165) is 30.3 Å². The molecule has 0 aliphatic rings. The Hall–Kier alpha value is -1.68. The summed E-state index contributed by atoms with van der Waals surface area (Å²) in [6.07, 6.45) is 5.51.